The van der Waals surface area contributed by atoms with Gasteiger partial charge in [-0.25, -0.2) is 0 Å². The third-order valence-corrected chi connectivity index (χ3v) is 8.39. The summed E-state index contributed by atoms with van der Waals surface area (Å²) in [5.74, 6) is -19.4. The second-order valence-corrected chi connectivity index (χ2v) is 10.8. The first-order valence-electron chi connectivity index (χ1n) is 5.58. The topological polar surface area (TPSA) is 27.7 Å². The Hall–Kier alpha value is -0.207. The van der Waals surface area contributed by atoms with E-state index in [2.05, 4.69) is 11.3 Å². The summed E-state index contributed by atoms with van der Waals surface area (Å²) in [6, 6.07) is 0. The summed E-state index contributed by atoms with van der Waals surface area (Å²) in [4.78, 5) is 0. The van der Waals surface area contributed by atoms with E-state index < -0.39 is 44.8 Å². The summed E-state index contributed by atoms with van der Waals surface area (Å²) in [6.45, 7) is -1.07. The molecule has 0 saturated heterocycles. The molecule has 0 aliphatic heterocycles. The van der Waals surface area contributed by atoms with E-state index in [-0.39, 0.29) is 5.25 Å². The predicted molar refractivity (Wildman–Crippen MR) is 57.1 cm³/mol. The molecule has 0 aromatic carbocycles. The Morgan fingerprint density at radius 2 is 1.18 bits per heavy atom. The van der Waals surface area contributed by atoms with Crippen LogP contribution in [0.5, 0.6) is 0 Å². The Labute approximate surface area is 123 Å². The quantitative estimate of drug-likeness (QED) is 0.449. The average molecular weight is 413 g/mol. The van der Waals surface area contributed by atoms with Crippen LogP contribution in [0.3, 0.4) is 0 Å². The van der Waals surface area contributed by atoms with E-state index in [0.29, 0.717) is 0 Å². The van der Waals surface area contributed by atoms with Gasteiger partial charge in [-0.15, -0.1) is 0 Å². The maximum absolute atomic E-state index is 13.2. The zero-order valence-electron chi connectivity index (χ0n) is 11.5. The molecule has 0 radical (unpaired) electrons. The van der Waals surface area contributed by atoms with Gasteiger partial charge in [0.05, 0.1) is 0 Å². The molecule has 0 unspecified atom stereocenters. The maximum atomic E-state index is 13.2. The van der Waals surface area contributed by atoms with Gasteiger partial charge in [-0.3, -0.25) is 0 Å². The van der Waals surface area contributed by atoms with E-state index in [0.717, 1.165) is 14.2 Å². The molecular weight excluding hydrogens is 400 g/mol. The fourth-order valence-corrected chi connectivity index (χ4v) is 4.62. The van der Waals surface area contributed by atoms with Gasteiger partial charge >= 0.3 is 122 Å². The van der Waals surface area contributed by atoms with Crippen LogP contribution in [0.4, 0.5) is 39.5 Å². The summed E-state index contributed by atoms with van der Waals surface area (Å²) in [5, 5.41) is -0.148. The molecule has 0 spiro atoms. The van der Waals surface area contributed by atoms with Crippen molar-refractivity contribution < 1.29 is 50.8 Å². The Morgan fingerprint density at radius 3 is 1.45 bits per heavy atom. The van der Waals surface area contributed by atoms with Crippen LogP contribution in [0.1, 0.15) is 6.92 Å². The first-order chi connectivity index (χ1) is 9.64. The van der Waals surface area contributed by atoms with Crippen molar-refractivity contribution in [3.63, 3.8) is 0 Å². The fourth-order valence-electron chi connectivity index (χ4n) is 1.29. The zero-order chi connectivity index (χ0) is 18.0. The molecule has 0 aliphatic carbocycles. The Morgan fingerprint density at radius 1 is 0.773 bits per heavy atom. The molecular formula is C9H13F9GeO3. The van der Waals surface area contributed by atoms with E-state index in [1.807, 2.05) is 0 Å². The Kier molecular flexibility index (Phi) is 6.67. The predicted octanol–water partition coefficient (Wildman–Crippen LogP) is 3.72. The minimum absolute atomic E-state index is 0.148. The van der Waals surface area contributed by atoms with Gasteiger partial charge in [-0.2, -0.15) is 0 Å². The van der Waals surface area contributed by atoms with Gasteiger partial charge in [0.25, 0.3) is 0 Å². The van der Waals surface area contributed by atoms with E-state index in [1.54, 1.807) is 0 Å². The minimum atomic E-state index is -6.94. The second kappa shape index (κ2) is 6.73. The van der Waals surface area contributed by atoms with Crippen LogP contribution in [0, 0.1) is 0 Å². The third kappa shape index (κ3) is 3.82. The van der Waals surface area contributed by atoms with Crippen LogP contribution in [-0.2, 0) is 11.3 Å². The molecule has 3 nitrogen and oxygen atoms in total. The molecule has 134 valence electrons. The molecule has 0 bridgehead atoms. The van der Waals surface area contributed by atoms with Gasteiger partial charge < -0.3 is 0 Å². The van der Waals surface area contributed by atoms with Crippen molar-refractivity contribution in [3.8, 4) is 0 Å². The molecule has 0 atom stereocenters. The van der Waals surface area contributed by atoms with E-state index in [1.165, 1.54) is 6.92 Å². The molecule has 0 aromatic rings. The molecule has 13 heteroatoms. The van der Waals surface area contributed by atoms with E-state index in [9.17, 15) is 39.5 Å². The van der Waals surface area contributed by atoms with E-state index in [4.69, 9.17) is 0 Å². The standard InChI is InChI=1S/C9H13F9GeO3/c1-4-19(20-2,21-3)22-5-6(10,11)7(12,13)8(14,15)9(16,17)18/h4-5H2,1-3H3. The zero-order valence-corrected chi connectivity index (χ0v) is 13.6. The van der Waals surface area contributed by atoms with Crippen molar-refractivity contribution >= 4 is 14.3 Å². The fraction of sp³-hybridized carbons (Fsp3) is 1.00. The number of hydrogen-bond acceptors (Lipinski definition) is 3. The van der Waals surface area contributed by atoms with Crippen molar-refractivity contribution in [2.24, 2.45) is 0 Å². The van der Waals surface area contributed by atoms with Gasteiger partial charge in [0, 0.05) is 0 Å². The molecule has 0 amide bonds. The Bertz CT molecular complexity index is 360. The van der Waals surface area contributed by atoms with Gasteiger partial charge in [0.15, 0.2) is 0 Å². The normalized spacial score (nSPS) is 15.3. The Balaban J connectivity index is 5.39. The van der Waals surface area contributed by atoms with Crippen LogP contribution in [0.2, 0.25) is 5.25 Å². The van der Waals surface area contributed by atoms with Crippen molar-refractivity contribution in [2.75, 3.05) is 20.8 Å². The molecule has 22 heavy (non-hydrogen) atoms. The molecule has 0 rings (SSSR count). The number of rotatable bonds is 8. The first kappa shape index (κ1) is 21.8. The average Bonchev–Trinajstić information content (AvgIpc) is 2.39. The number of hydrogen-bond donors (Lipinski definition) is 0. The van der Waals surface area contributed by atoms with Gasteiger partial charge in [0.2, 0.25) is 0 Å². The van der Waals surface area contributed by atoms with Crippen molar-refractivity contribution in [2.45, 2.75) is 36.1 Å². The van der Waals surface area contributed by atoms with Crippen LogP contribution >= 0.6 is 0 Å². The van der Waals surface area contributed by atoms with Crippen LogP contribution in [0.25, 0.3) is 0 Å². The molecule has 0 saturated carbocycles. The van der Waals surface area contributed by atoms with Gasteiger partial charge in [-0.1, -0.05) is 0 Å². The van der Waals surface area contributed by atoms with Gasteiger partial charge in [-0.05, 0) is 0 Å². The molecule has 0 aliphatic rings. The summed E-state index contributed by atoms with van der Waals surface area (Å²) in [7, 11) is 1.90. The van der Waals surface area contributed by atoms with Crippen molar-refractivity contribution in [1.29, 1.82) is 0 Å². The van der Waals surface area contributed by atoms with Crippen LogP contribution in [-0.4, -0.2) is 59.0 Å². The first-order valence-corrected chi connectivity index (χ1v) is 9.64. The van der Waals surface area contributed by atoms with Crippen molar-refractivity contribution in [3.05, 3.63) is 0 Å². The van der Waals surface area contributed by atoms with Crippen LogP contribution < -0.4 is 0 Å². The summed E-state index contributed by atoms with van der Waals surface area (Å²) in [6.07, 6.45) is -6.86. The molecule has 0 N–H and O–H groups in total. The summed E-state index contributed by atoms with van der Waals surface area (Å²) >= 11 is -4.40. The monoisotopic (exact) mass is 414 g/mol. The van der Waals surface area contributed by atoms with Crippen molar-refractivity contribution in [1.82, 2.24) is 0 Å². The second-order valence-electron chi connectivity index (χ2n) is 4.08. The number of alkyl halides is 9. The molecule has 0 fully saturated rings. The summed E-state index contributed by atoms with van der Waals surface area (Å²) in [5.41, 5.74) is 0. The molecule has 0 heterocycles. The van der Waals surface area contributed by atoms with Gasteiger partial charge in [0.1, 0.15) is 0 Å². The SMILES string of the molecule is C[CH2][Ge]([O]C)([O]C)[O]CC(F)(F)C(F)(F)C(F)(F)C(F)(F)F. The number of halogens is 9. The summed E-state index contributed by atoms with van der Waals surface area (Å²) < 4.78 is 127. The van der Waals surface area contributed by atoms with E-state index >= 15 is 0 Å². The molecule has 0 aromatic heterocycles. The van der Waals surface area contributed by atoms with Crippen LogP contribution in [0.15, 0.2) is 0 Å². The third-order valence-electron chi connectivity index (χ3n) is 2.74.